The van der Waals surface area contributed by atoms with Gasteiger partial charge in [0, 0.05) is 11.6 Å². The Bertz CT molecular complexity index is 984. The van der Waals surface area contributed by atoms with Crippen molar-refractivity contribution in [1.82, 2.24) is 10.0 Å². The maximum absolute atomic E-state index is 12.8. The maximum atomic E-state index is 12.8. The van der Waals surface area contributed by atoms with E-state index in [2.05, 4.69) is 10.0 Å². The molecule has 31 heavy (non-hydrogen) atoms. The molecule has 0 aromatic heterocycles. The fourth-order valence-electron chi connectivity index (χ4n) is 2.88. The van der Waals surface area contributed by atoms with Gasteiger partial charge in [0.05, 0.1) is 26.2 Å². The van der Waals surface area contributed by atoms with Crippen LogP contribution in [0.1, 0.15) is 19.4 Å². The van der Waals surface area contributed by atoms with Gasteiger partial charge in [0.1, 0.15) is 6.04 Å². The van der Waals surface area contributed by atoms with Crippen LogP contribution in [-0.4, -0.2) is 41.7 Å². The van der Waals surface area contributed by atoms with Gasteiger partial charge in [0.25, 0.3) is 0 Å². The molecule has 2 rings (SSSR count). The summed E-state index contributed by atoms with van der Waals surface area (Å²) in [6.45, 7) is 3.66. The second-order valence-corrected chi connectivity index (χ2v) is 9.20. The van der Waals surface area contributed by atoms with E-state index in [9.17, 15) is 13.2 Å². The van der Waals surface area contributed by atoms with Gasteiger partial charge in [-0.3, -0.25) is 4.79 Å². The molecule has 1 atom stereocenters. The summed E-state index contributed by atoms with van der Waals surface area (Å²) in [6, 6.07) is 8.18. The zero-order valence-electron chi connectivity index (χ0n) is 18.1. The minimum absolute atomic E-state index is 0.0278. The molecule has 0 fully saturated rings. The number of hydrogen-bond donors (Lipinski definition) is 2. The summed E-state index contributed by atoms with van der Waals surface area (Å²) in [5.41, 5.74) is 0.700. The van der Waals surface area contributed by atoms with Gasteiger partial charge in [-0.15, -0.1) is 0 Å². The molecule has 0 unspecified atom stereocenters. The van der Waals surface area contributed by atoms with Crippen molar-refractivity contribution in [3.8, 4) is 17.2 Å². The first-order valence-electron chi connectivity index (χ1n) is 9.47. The number of sulfonamides is 1. The third-order valence-electron chi connectivity index (χ3n) is 4.55. The molecule has 2 N–H and O–H groups in total. The molecule has 0 spiro atoms. The van der Waals surface area contributed by atoms with Crippen LogP contribution >= 0.6 is 11.6 Å². The van der Waals surface area contributed by atoms with E-state index in [1.54, 1.807) is 26.0 Å². The van der Waals surface area contributed by atoms with E-state index >= 15 is 0 Å². The van der Waals surface area contributed by atoms with Crippen molar-refractivity contribution < 1.29 is 27.4 Å². The van der Waals surface area contributed by atoms with Gasteiger partial charge in [0.15, 0.2) is 11.5 Å². The van der Waals surface area contributed by atoms with Crippen LogP contribution in [0.15, 0.2) is 41.3 Å². The molecule has 2 aromatic rings. The number of ether oxygens (including phenoxy) is 3. The van der Waals surface area contributed by atoms with E-state index in [0.717, 1.165) is 0 Å². The van der Waals surface area contributed by atoms with Gasteiger partial charge in [-0.1, -0.05) is 25.4 Å². The number of hydrogen-bond acceptors (Lipinski definition) is 6. The molecule has 170 valence electrons. The monoisotopic (exact) mass is 470 g/mol. The third-order valence-corrected chi connectivity index (χ3v) is 6.26. The molecule has 0 saturated heterocycles. The third kappa shape index (κ3) is 6.25. The zero-order chi connectivity index (χ0) is 23.2. The van der Waals surface area contributed by atoms with Crippen LogP contribution in [-0.2, 0) is 21.4 Å². The molecular weight excluding hydrogens is 444 g/mol. The SMILES string of the molecule is COc1cc(CNC(=O)[C@@H](NS(=O)(=O)c2ccc(Cl)cc2)C(C)C)cc(OC)c1OC. The fraction of sp³-hybridized carbons (Fsp3) is 0.381. The maximum Gasteiger partial charge on any atom is 0.241 e. The van der Waals surface area contributed by atoms with Crippen LogP contribution in [0.4, 0.5) is 0 Å². The standard InChI is InChI=1S/C21H27ClN2O6S/c1-13(2)19(24-31(26,27)16-8-6-15(22)7-9-16)21(25)23-12-14-10-17(28-3)20(30-5)18(11-14)29-4/h6-11,13,19,24H,12H2,1-5H3,(H,23,25)/t19-/m0/s1. The van der Waals surface area contributed by atoms with Crippen molar-refractivity contribution >= 4 is 27.5 Å². The Morgan fingerprint density at radius 2 is 1.55 bits per heavy atom. The van der Waals surface area contributed by atoms with Gasteiger partial charge >= 0.3 is 0 Å². The van der Waals surface area contributed by atoms with Crippen molar-refractivity contribution in [1.29, 1.82) is 0 Å². The number of benzene rings is 2. The van der Waals surface area contributed by atoms with Crippen LogP contribution in [0.25, 0.3) is 0 Å². The van der Waals surface area contributed by atoms with Crippen molar-refractivity contribution in [2.75, 3.05) is 21.3 Å². The van der Waals surface area contributed by atoms with Crippen LogP contribution < -0.4 is 24.2 Å². The minimum atomic E-state index is -3.91. The number of methoxy groups -OCH3 is 3. The lowest BCUT2D eigenvalue weighted by molar-refractivity contribution is -0.123. The zero-order valence-corrected chi connectivity index (χ0v) is 19.6. The molecule has 8 nitrogen and oxygen atoms in total. The lowest BCUT2D eigenvalue weighted by Crippen LogP contribution is -2.49. The molecule has 0 bridgehead atoms. The second-order valence-electron chi connectivity index (χ2n) is 7.05. The first-order valence-corrected chi connectivity index (χ1v) is 11.3. The molecule has 2 aromatic carbocycles. The van der Waals surface area contributed by atoms with E-state index in [1.165, 1.54) is 45.6 Å². The molecule has 0 heterocycles. The Hall–Kier alpha value is -2.49. The molecule has 0 aliphatic heterocycles. The summed E-state index contributed by atoms with van der Waals surface area (Å²) in [6.07, 6.45) is 0. The number of carbonyl (C=O) groups is 1. The molecular formula is C21H27ClN2O6S. The first kappa shape index (κ1) is 24.8. The normalized spacial score (nSPS) is 12.4. The molecule has 1 amide bonds. The van der Waals surface area contributed by atoms with E-state index in [1.807, 2.05) is 0 Å². The lowest BCUT2D eigenvalue weighted by Gasteiger charge is -2.22. The van der Waals surface area contributed by atoms with Crippen molar-refractivity contribution in [3.63, 3.8) is 0 Å². The van der Waals surface area contributed by atoms with E-state index < -0.39 is 22.0 Å². The Balaban J connectivity index is 2.17. The average Bonchev–Trinajstić information content (AvgIpc) is 2.75. The summed E-state index contributed by atoms with van der Waals surface area (Å²) < 4.78 is 43.8. The number of carbonyl (C=O) groups excluding carboxylic acids is 1. The highest BCUT2D eigenvalue weighted by Gasteiger charge is 2.28. The van der Waals surface area contributed by atoms with Crippen LogP contribution in [0, 0.1) is 5.92 Å². The second kappa shape index (κ2) is 10.7. The number of nitrogens with one attached hydrogen (secondary N) is 2. The van der Waals surface area contributed by atoms with Crippen molar-refractivity contribution in [3.05, 3.63) is 47.0 Å². The van der Waals surface area contributed by atoms with Crippen LogP contribution in [0.2, 0.25) is 5.02 Å². The number of rotatable bonds is 10. The average molecular weight is 471 g/mol. The van der Waals surface area contributed by atoms with E-state index in [0.29, 0.717) is 27.8 Å². The Labute approximate surface area is 187 Å². The summed E-state index contributed by atoms with van der Waals surface area (Å²) in [5.74, 6) is 0.601. The predicted octanol–water partition coefficient (Wildman–Crippen LogP) is 2.99. The molecule has 0 radical (unpaired) electrons. The minimum Gasteiger partial charge on any atom is -0.493 e. The van der Waals surface area contributed by atoms with Crippen molar-refractivity contribution in [2.24, 2.45) is 5.92 Å². The Kier molecular flexibility index (Phi) is 8.55. The van der Waals surface area contributed by atoms with Crippen LogP contribution in [0.5, 0.6) is 17.2 Å². The molecule has 0 aliphatic carbocycles. The summed E-state index contributed by atoms with van der Waals surface area (Å²) in [4.78, 5) is 12.8. The van der Waals surface area contributed by atoms with Gasteiger partial charge < -0.3 is 19.5 Å². The molecule has 0 aliphatic rings. The Morgan fingerprint density at radius 1 is 1.00 bits per heavy atom. The molecule has 10 heteroatoms. The van der Waals surface area contributed by atoms with Gasteiger partial charge in [-0.05, 0) is 47.9 Å². The predicted molar refractivity (Wildman–Crippen MR) is 118 cm³/mol. The number of amides is 1. The van der Waals surface area contributed by atoms with Gasteiger partial charge in [-0.25, -0.2) is 8.42 Å². The van der Waals surface area contributed by atoms with E-state index in [4.69, 9.17) is 25.8 Å². The summed E-state index contributed by atoms with van der Waals surface area (Å²) >= 11 is 5.83. The summed E-state index contributed by atoms with van der Waals surface area (Å²) in [7, 11) is 0.596. The van der Waals surface area contributed by atoms with Crippen LogP contribution in [0.3, 0.4) is 0 Å². The smallest absolute Gasteiger partial charge is 0.241 e. The lowest BCUT2D eigenvalue weighted by atomic mass is 10.0. The first-order chi connectivity index (χ1) is 14.6. The summed E-state index contributed by atoms with van der Waals surface area (Å²) in [5, 5.41) is 3.18. The van der Waals surface area contributed by atoms with Gasteiger partial charge in [0.2, 0.25) is 21.7 Å². The topological polar surface area (TPSA) is 103 Å². The number of halogens is 1. The Morgan fingerprint density at radius 3 is 2.00 bits per heavy atom. The molecule has 0 saturated carbocycles. The highest BCUT2D eigenvalue weighted by atomic mass is 35.5. The van der Waals surface area contributed by atoms with E-state index in [-0.39, 0.29) is 17.4 Å². The van der Waals surface area contributed by atoms with Crippen molar-refractivity contribution in [2.45, 2.75) is 31.3 Å². The fourth-order valence-corrected chi connectivity index (χ4v) is 4.35. The highest BCUT2D eigenvalue weighted by molar-refractivity contribution is 7.89. The quantitative estimate of drug-likeness (QED) is 0.553. The largest absolute Gasteiger partial charge is 0.493 e. The van der Waals surface area contributed by atoms with Gasteiger partial charge in [-0.2, -0.15) is 4.72 Å². The highest BCUT2D eigenvalue weighted by Crippen LogP contribution is 2.38.